The Morgan fingerprint density at radius 3 is 2.42 bits per heavy atom. The number of anilines is 1. The molecule has 0 bridgehead atoms. The maximum absolute atomic E-state index is 11.9. The minimum atomic E-state index is -3.56. The van der Waals surface area contributed by atoms with Crippen LogP contribution in [-0.2, 0) is 20.6 Å². The van der Waals surface area contributed by atoms with E-state index in [0.717, 1.165) is 4.90 Å². The number of thioether (sulfide) groups is 1. The van der Waals surface area contributed by atoms with Crippen LogP contribution < -0.4 is 10.5 Å². The van der Waals surface area contributed by atoms with E-state index in [1.807, 2.05) is 24.3 Å². The Morgan fingerprint density at radius 1 is 1.12 bits per heavy atom. The molecule has 1 amide bonds. The first-order valence-electron chi connectivity index (χ1n) is 7.10. The molecule has 0 saturated carbocycles. The molecular formula is C16H17ClN2O3S2. The number of primary sulfonamides is 1. The van der Waals surface area contributed by atoms with Crippen LogP contribution in [0, 0.1) is 0 Å². The second-order valence-electron chi connectivity index (χ2n) is 5.08. The Morgan fingerprint density at radius 2 is 1.79 bits per heavy atom. The smallest absolute Gasteiger partial charge is 0.225 e. The summed E-state index contributed by atoms with van der Waals surface area (Å²) in [6.07, 6.45) is 0.342. The summed E-state index contributed by atoms with van der Waals surface area (Å²) >= 11 is 7.58. The van der Waals surface area contributed by atoms with Gasteiger partial charge in [-0.2, -0.15) is 0 Å². The molecule has 128 valence electrons. The van der Waals surface area contributed by atoms with Crippen molar-refractivity contribution < 1.29 is 13.2 Å². The Balaban J connectivity index is 1.81. The van der Waals surface area contributed by atoms with Gasteiger partial charge in [-0.25, -0.2) is 13.6 Å². The summed E-state index contributed by atoms with van der Waals surface area (Å²) in [7, 11) is -3.56. The van der Waals surface area contributed by atoms with Crippen LogP contribution in [0.5, 0.6) is 0 Å². The summed E-state index contributed by atoms with van der Waals surface area (Å²) in [5.74, 6) is 0.267. The summed E-state index contributed by atoms with van der Waals surface area (Å²) in [5.41, 5.74) is 1.19. The highest BCUT2D eigenvalue weighted by Crippen LogP contribution is 2.27. The highest BCUT2D eigenvalue weighted by molar-refractivity contribution is 7.99. The molecule has 0 aliphatic rings. The van der Waals surface area contributed by atoms with Gasteiger partial charge in [-0.15, -0.1) is 11.8 Å². The molecule has 0 spiro atoms. The fourth-order valence-corrected chi connectivity index (χ4v) is 3.80. The van der Waals surface area contributed by atoms with Crippen LogP contribution in [0.3, 0.4) is 0 Å². The van der Waals surface area contributed by atoms with Gasteiger partial charge in [0.1, 0.15) is 0 Å². The summed E-state index contributed by atoms with van der Waals surface area (Å²) in [5, 5.41) is 8.43. The van der Waals surface area contributed by atoms with E-state index in [2.05, 4.69) is 5.32 Å². The number of sulfonamides is 1. The lowest BCUT2D eigenvalue weighted by atomic mass is 10.2. The van der Waals surface area contributed by atoms with Crippen molar-refractivity contribution in [1.82, 2.24) is 0 Å². The van der Waals surface area contributed by atoms with Gasteiger partial charge in [0.15, 0.2) is 0 Å². The Labute approximate surface area is 150 Å². The van der Waals surface area contributed by atoms with Crippen molar-refractivity contribution in [3.05, 3.63) is 59.1 Å². The van der Waals surface area contributed by atoms with Crippen LogP contribution in [0.1, 0.15) is 12.0 Å². The molecular weight excluding hydrogens is 368 g/mol. The zero-order chi connectivity index (χ0) is 17.6. The summed E-state index contributed by atoms with van der Waals surface area (Å²) < 4.78 is 22.0. The molecule has 0 aromatic heterocycles. The van der Waals surface area contributed by atoms with E-state index in [-0.39, 0.29) is 11.7 Å². The van der Waals surface area contributed by atoms with Gasteiger partial charge in [0, 0.05) is 22.8 Å². The third-order valence-corrected chi connectivity index (χ3v) is 5.28. The Kier molecular flexibility index (Phi) is 6.68. The monoisotopic (exact) mass is 384 g/mol. The third kappa shape index (κ3) is 6.52. The van der Waals surface area contributed by atoms with E-state index >= 15 is 0 Å². The minimum absolute atomic E-state index is 0.117. The quantitative estimate of drug-likeness (QED) is 0.717. The predicted octanol–water partition coefficient (Wildman–Crippen LogP) is 3.25. The second kappa shape index (κ2) is 8.53. The van der Waals surface area contributed by atoms with Crippen molar-refractivity contribution in [2.24, 2.45) is 5.14 Å². The molecule has 0 fully saturated rings. The molecule has 0 atom stereocenters. The minimum Gasteiger partial charge on any atom is -0.326 e. The van der Waals surface area contributed by atoms with E-state index in [9.17, 15) is 13.2 Å². The Hall–Kier alpha value is -1.54. The van der Waals surface area contributed by atoms with Crippen molar-refractivity contribution >= 4 is 45.0 Å². The number of hydrogen-bond acceptors (Lipinski definition) is 4. The lowest BCUT2D eigenvalue weighted by molar-refractivity contribution is -0.115. The number of carbonyl (C=O) groups excluding carboxylic acids is 1. The number of rotatable bonds is 7. The van der Waals surface area contributed by atoms with Crippen LogP contribution in [0.25, 0.3) is 0 Å². The lowest BCUT2D eigenvalue weighted by Gasteiger charge is -2.07. The molecule has 0 aliphatic carbocycles. The van der Waals surface area contributed by atoms with E-state index < -0.39 is 10.0 Å². The van der Waals surface area contributed by atoms with E-state index in [0.29, 0.717) is 28.4 Å². The van der Waals surface area contributed by atoms with E-state index in [1.54, 1.807) is 24.3 Å². The van der Waals surface area contributed by atoms with Gasteiger partial charge < -0.3 is 5.32 Å². The zero-order valence-electron chi connectivity index (χ0n) is 12.7. The maximum Gasteiger partial charge on any atom is 0.225 e. The first-order chi connectivity index (χ1) is 11.3. The summed E-state index contributed by atoms with van der Waals surface area (Å²) in [4.78, 5) is 12.9. The van der Waals surface area contributed by atoms with Crippen LogP contribution in [0.15, 0.2) is 53.4 Å². The number of amides is 1. The average Bonchev–Trinajstić information content (AvgIpc) is 2.50. The lowest BCUT2D eigenvalue weighted by Crippen LogP contribution is -2.15. The first kappa shape index (κ1) is 18.8. The molecule has 0 saturated heterocycles. The molecule has 8 heteroatoms. The largest absolute Gasteiger partial charge is 0.326 e. The average molecular weight is 385 g/mol. The van der Waals surface area contributed by atoms with E-state index in [4.69, 9.17) is 16.7 Å². The number of benzene rings is 2. The third-order valence-electron chi connectivity index (χ3n) is 3.03. The van der Waals surface area contributed by atoms with Gasteiger partial charge in [-0.05, 0) is 29.8 Å². The molecule has 2 aromatic carbocycles. The van der Waals surface area contributed by atoms with Gasteiger partial charge in [0.2, 0.25) is 15.9 Å². The summed E-state index contributed by atoms with van der Waals surface area (Å²) in [6, 6.07) is 14.0. The van der Waals surface area contributed by atoms with Gasteiger partial charge in [-0.1, -0.05) is 35.9 Å². The van der Waals surface area contributed by atoms with Crippen molar-refractivity contribution in [2.75, 3.05) is 11.1 Å². The second-order valence-corrected chi connectivity index (χ2v) is 8.24. The van der Waals surface area contributed by atoms with Crippen molar-refractivity contribution in [3.8, 4) is 0 Å². The number of nitrogens with two attached hydrogens (primary N) is 1. The van der Waals surface area contributed by atoms with Crippen LogP contribution >= 0.6 is 23.4 Å². The highest BCUT2D eigenvalue weighted by atomic mass is 35.5. The standard InChI is InChI=1S/C16H17ClN2O3S2/c17-14-3-1-2-4-15(14)23-10-9-16(20)19-13-7-5-12(6-8-13)11-24(18,21)22/h1-8H,9-11H2,(H,19,20)(H2,18,21,22). The molecule has 0 unspecified atom stereocenters. The maximum atomic E-state index is 11.9. The molecule has 0 radical (unpaired) electrons. The molecule has 2 aromatic rings. The molecule has 5 nitrogen and oxygen atoms in total. The van der Waals surface area contributed by atoms with Crippen LogP contribution in [0.4, 0.5) is 5.69 Å². The Bertz CT molecular complexity index is 808. The molecule has 2 rings (SSSR count). The number of halogens is 1. The normalized spacial score (nSPS) is 11.2. The van der Waals surface area contributed by atoms with Crippen molar-refractivity contribution in [1.29, 1.82) is 0 Å². The van der Waals surface area contributed by atoms with Gasteiger partial charge in [0.05, 0.1) is 10.8 Å². The number of hydrogen-bond donors (Lipinski definition) is 2. The molecule has 3 N–H and O–H groups in total. The first-order valence-corrected chi connectivity index (χ1v) is 10.2. The van der Waals surface area contributed by atoms with Gasteiger partial charge in [-0.3, -0.25) is 4.79 Å². The summed E-state index contributed by atoms with van der Waals surface area (Å²) in [6.45, 7) is 0. The highest BCUT2D eigenvalue weighted by Gasteiger charge is 2.07. The van der Waals surface area contributed by atoms with Gasteiger partial charge in [0.25, 0.3) is 0 Å². The number of carbonyl (C=O) groups is 1. The number of nitrogens with one attached hydrogen (secondary N) is 1. The molecule has 0 aliphatic heterocycles. The molecule has 24 heavy (non-hydrogen) atoms. The zero-order valence-corrected chi connectivity index (χ0v) is 15.1. The molecule has 0 heterocycles. The fraction of sp³-hybridized carbons (Fsp3) is 0.188. The van der Waals surface area contributed by atoms with Crippen molar-refractivity contribution in [2.45, 2.75) is 17.1 Å². The van der Waals surface area contributed by atoms with Crippen LogP contribution in [-0.4, -0.2) is 20.1 Å². The van der Waals surface area contributed by atoms with E-state index in [1.165, 1.54) is 11.8 Å². The van der Waals surface area contributed by atoms with Crippen molar-refractivity contribution in [3.63, 3.8) is 0 Å². The van der Waals surface area contributed by atoms with Crippen LogP contribution in [0.2, 0.25) is 5.02 Å². The predicted molar refractivity (Wildman–Crippen MR) is 98.7 cm³/mol. The topological polar surface area (TPSA) is 89.3 Å². The van der Waals surface area contributed by atoms with Gasteiger partial charge >= 0.3 is 0 Å². The fourth-order valence-electron chi connectivity index (χ4n) is 1.96. The SMILES string of the molecule is NS(=O)(=O)Cc1ccc(NC(=O)CCSc2ccccc2Cl)cc1.